The highest BCUT2D eigenvalue weighted by atomic mass is 32.2. The maximum atomic E-state index is 10.9. The number of nitrogens with zero attached hydrogens (tertiary/aromatic N) is 3. The van der Waals surface area contributed by atoms with Gasteiger partial charge in [0, 0.05) is 5.69 Å². The van der Waals surface area contributed by atoms with Crippen molar-refractivity contribution >= 4 is 23.7 Å². The minimum atomic E-state index is -0.445. The third kappa shape index (κ3) is 3.45. The van der Waals surface area contributed by atoms with Crippen molar-refractivity contribution in [3.8, 4) is 5.88 Å². The van der Waals surface area contributed by atoms with Crippen LogP contribution >= 0.6 is 11.9 Å². The van der Waals surface area contributed by atoms with Gasteiger partial charge in [-0.1, -0.05) is 6.07 Å². The first kappa shape index (κ1) is 19.1. The molecule has 0 radical (unpaired) electrons. The quantitative estimate of drug-likeness (QED) is 0.672. The van der Waals surface area contributed by atoms with Gasteiger partial charge >= 0.3 is 6.03 Å². The van der Waals surface area contributed by atoms with E-state index in [-0.39, 0.29) is 0 Å². The summed E-state index contributed by atoms with van der Waals surface area (Å²) in [7, 11) is 4.09. The molecule has 1 atom stereocenters. The van der Waals surface area contributed by atoms with Gasteiger partial charge in [0.1, 0.15) is 11.5 Å². The smallest absolute Gasteiger partial charge is 0.316 e. The summed E-state index contributed by atoms with van der Waals surface area (Å²) in [6.45, 7) is 1.56. The molecule has 5 rings (SSSR count). The van der Waals surface area contributed by atoms with Crippen LogP contribution in [-0.4, -0.2) is 47.5 Å². The molecule has 2 heterocycles. The lowest BCUT2D eigenvalue weighted by Gasteiger charge is -2.31. The van der Waals surface area contributed by atoms with E-state index in [9.17, 15) is 4.79 Å². The van der Waals surface area contributed by atoms with Crippen molar-refractivity contribution in [2.75, 3.05) is 26.0 Å². The Labute approximate surface area is 168 Å². The SMILES string of the molecule is CN(C)C1COc2c(SN)cnn2C1.NC(=O)Nc1c2c(cc3c1CC3)CC2. The van der Waals surface area contributed by atoms with E-state index in [4.69, 9.17) is 15.6 Å². The third-order valence-electron chi connectivity index (χ3n) is 5.68. The number of hydrogen-bond donors (Lipinski definition) is 3. The first-order valence-electron chi connectivity index (χ1n) is 9.42. The number of amides is 2. The zero-order valence-electron chi connectivity index (χ0n) is 16.2. The van der Waals surface area contributed by atoms with Crippen molar-refractivity contribution in [2.45, 2.75) is 43.2 Å². The van der Waals surface area contributed by atoms with Crippen molar-refractivity contribution in [1.29, 1.82) is 0 Å². The van der Waals surface area contributed by atoms with Crippen molar-refractivity contribution in [3.05, 3.63) is 34.5 Å². The van der Waals surface area contributed by atoms with E-state index >= 15 is 0 Å². The predicted octanol–water partition coefficient (Wildman–Crippen LogP) is 1.55. The number of anilines is 1. The number of rotatable bonds is 3. The fourth-order valence-corrected chi connectivity index (χ4v) is 4.17. The van der Waals surface area contributed by atoms with Gasteiger partial charge < -0.3 is 20.7 Å². The van der Waals surface area contributed by atoms with Crippen LogP contribution in [-0.2, 0) is 32.2 Å². The molecule has 8 nitrogen and oxygen atoms in total. The highest BCUT2D eigenvalue weighted by molar-refractivity contribution is 7.97. The number of nitrogens with two attached hydrogens (primary N) is 2. The Morgan fingerprint density at radius 2 is 1.96 bits per heavy atom. The van der Waals surface area contributed by atoms with Gasteiger partial charge in [-0.2, -0.15) is 5.10 Å². The monoisotopic (exact) mass is 402 g/mol. The molecular formula is C19H26N6O2S. The molecule has 2 amide bonds. The van der Waals surface area contributed by atoms with E-state index < -0.39 is 6.03 Å². The van der Waals surface area contributed by atoms with Gasteiger partial charge in [-0.05, 0) is 74.0 Å². The number of aromatic nitrogens is 2. The number of nitrogens with one attached hydrogen (secondary N) is 1. The Bertz CT molecular complexity index is 880. The van der Waals surface area contributed by atoms with Crippen LogP contribution in [0.15, 0.2) is 17.2 Å². The molecule has 150 valence electrons. The third-order valence-corrected chi connectivity index (χ3v) is 6.21. The van der Waals surface area contributed by atoms with Crippen LogP contribution in [0.5, 0.6) is 5.88 Å². The summed E-state index contributed by atoms with van der Waals surface area (Å²) in [6.07, 6.45) is 6.21. The number of likely N-dealkylation sites (N-methyl/N-ethyl adjacent to an activating group) is 1. The number of hydrogen-bond acceptors (Lipinski definition) is 6. The Morgan fingerprint density at radius 1 is 1.29 bits per heavy atom. The molecule has 1 aromatic carbocycles. The number of ether oxygens (including phenoxy) is 1. The average Bonchev–Trinajstić information content (AvgIpc) is 3.01. The molecule has 1 unspecified atom stereocenters. The largest absolute Gasteiger partial charge is 0.475 e. The molecular weight excluding hydrogens is 376 g/mol. The number of carbonyl (C=O) groups excluding carboxylic acids is 1. The fraction of sp³-hybridized carbons (Fsp3) is 0.474. The maximum absolute atomic E-state index is 10.9. The molecule has 3 aliphatic rings. The fourth-order valence-electron chi connectivity index (χ4n) is 3.80. The second-order valence-electron chi connectivity index (χ2n) is 7.56. The summed E-state index contributed by atoms with van der Waals surface area (Å²) in [5, 5.41) is 12.5. The highest BCUT2D eigenvalue weighted by Gasteiger charge is 2.27. The zero-order valence-corrected chi connectivity index (χ0v) is 17.0. The summed E-state index contributed by atoms with van der Waals surface area (Å²) in [4.78, 5) is 13.9. The molecule has 2 aromatic rings. The summed E-state index contributed by atoms with van der Waals surface area (Å²) < 4.78 is 7.48. The number of fused-ring (bicyclic) bond motifs is 3. The second-order valence-corrected chi connectivity index (χ2v) is 8.23. The van der Waals surface area contributed by atoms with Gasteiger partial charge in [-0.3, -0.25) is 5.14 Å². The lowest BCUT2D eigenvalue weighted by Crippen LogP contribution is -2.41. The van der Waals surface area contributed by atoms with Crippen LogP contribution in [0.4, 0.5) is 10.5 Å². The number of primary amides is 1. The number of benzene rings is 1. The van der Waals surface area contributed by atoms with E-state index in [1.165, 1.54) is 34.2 Å². The Balaban J connectivity index is 0.000000137. The maximum Gasteiger partial charge on any atom is 0.316 e. The standard InChI is InChI=1S/C11H12N2O.C8H14N4OS/c12-11(14)13-10-8-3-1-6(8)5-7-2-4-9(7)10;1-11(2)6-4-12-8(13-5-6)7(14-9)3-10-12/h5H,1-4H2,(H3,12,13,14);3,6H,4-5,9H2,1-2H3. The lowest BCUT2D eigenvalue weighted by atomic mass is 9.76. The Morgan fingerprint density at radius 3 is 2.46 bits per heavy atom. The van der Waals surface area contributed by atoms with Crippen molar-refractivity contribution < 1.29 is 9.53 Å². The molecule has 9 heteroatoms. The minimum Gasteiger partial charge on any atom is -0.475 e. The van der Waals surface area contributed by atoms with Gasteiger partial charge in [-0.25, -0.2) is 9.48 Å². The molecule has 1 aromatic heterocycles. The van der Waals surface area contributed by atoms with E-state index in [1.807, 2.05) is 18.8 Å². The number of carbonyl (C=O) groups is 1. The van der Waals surface area contributed by atoms with Gasteiger partial charge in [0.05, 0.1) is 18.8 Å². The Kier molecular flexibility index (Phi) is 5.22. The van der Waals surface area contributed by atoms with Gasteiger partial charge in [0.15, 0.2) is 0 Å². The van der Waals surface area contributed by atoms with E-state index in [2.05, 4.69) is 21.4 Å². The number of urea groups is 1. The lowest BCUT2D eigenvalue weighted by molar-refractivity contribution is 0.117. The summed E-state index contributed by atoms with van der Waals surface area (Å²) in [5.41, 5.74) is 11.6. The van der Waals surface area contributed by atoms with Crippen LogP contribution in [0.25, 0.3) is 0 Å². The molecule has 0 spiro atoms. The topological polar surface area (TPSA) is 111 Å². The van der Waals surface area contributed by atoms with Crippen molar-refractivity contribution in [3.63, 3.8) is 0 Å². The average molecular weight is 403 g/mol. The van der Waals surface area contributed by atoms with Crippen LogP contribution in [0.1, 0.15) is 22.3 Å². The molecule has 5 N–H and O–H groups in total. The van der Waals surface area contributed by atoms with E-state index in [0.717, 1.165) is 48.7 Å². The summed E-state index contributed by atoms with van der Waals surface area (Å²) >= 11 is 1.18. The van der Waals surface area contributed by atoms with E-state index in [0.29, 0.717) is 12.6 Å². The molecule has 0 saturated heterocycles. The normalized spacial score (nSPS) is 18.4. The molecule has 0 bridgehead atoms. The zero-order chi connectivity index (χ0) is 19.8. The van der Waals surface area contributed by atoms with Crippen molar-refractivity contribution in [2.24, 2.45) is 10.9 Å². The van der Waals surface area contributed by atoms with Gasteiger partial charge in [-0.15, -0.1) is 0 Å². The first-order chi connectivity index (χ1) is 13.5. The molecule has 1 aliphatic heterocycles. The van der Waals surface area contributed by atoms with Crippen LogP contribution in [0, 0.1) is 0 Å². The Hall–Kier alpha value is -2.23. The molecule has 28 heavy (non-hydrogen) atoms. The van der Waals surface area contributed by atoms with Crippen LogP contribution in [0.2, 0.25) is 0 Å². The highest BCUT2D eigenvalue weighted by Crippen LogP contribution is 2.40. The number of aryl methyl sites for hydroxylation is 2. The molecule has 0 fully saturated rings. The van der Waals surface area contributed by atoms with Crippen LogP contribution < -0.4 is 20.9 Å². The predicted molar refractivity (Wildman–Crippen MR) is 110 cm³/mol. The first-order valence-corrected chi connectivity index (χ1v) is 10.3. The van der Waals surface area contributed by atoms with Gasteiger partial charge in [0.25, 0.3) is 0 Å². The van der Waals surface area contributed by atoms with E-state index in [1.54, 1.807) is 6.20 Å². The summed E-state index contributed by atoms with van der Waals surface area (Å²) in [6, 6.07) is 2.22. The summed E-state index contributed by atoms with van der Waals surface area (Å²) in [5.74, 6) is 0.801. The minimum absolute atomic E-state index is 0.387. The van der Waals surface area contributed by atoms with Crippen LogP contribution in [0.3, 0.4) is 0 Å². The molecule has 0 saturated carbocycles. The second kappa shape index (κ2) is 7.65. The van der Waals surface area contributed by atoms with Crippen molar-refractivity contribution in [1.82, 2.24) is 14.7 Å². The molecule has 2 aliphatic carbocycles. The van der Waals surface area contributed by atoms with Gasteiger partial charge in [0.2, 0.25) is 5.88 Å².